The summed E-state index contributed by atoms with van der Waals surface area (Å²) >= 11 is 1.59. The average molecular weight is 401 g/mol. The SMILES string of the molecule is Cc1ccc(C)c(C(=O)N(Cc2ccccc2)c2nc3cc(C)cc(C)c3s2)c1. The van der Waals surface area contributed by atoms with Crippen molar-refractivity contribution in [2.24, 2.45) is 0 Å². The van der Waals surface area contributed by atoms with Gasteiger partial charge >= 0.3 is 0 Å². The first kappa shape index (κ1) is 19.3. The minimum atomic E-state index is -0.0107. The molecule has 0 atom stereocenters. The van der Waals surface area contributed by atoms with Gasteiger partial charge in [-0.1, -0.05) is 65.4 Å². The van der Waals surface area contributed by atoms with Crippen LogP contribution < -0.4 is 4.90 Å². The molecule has 4 heteroatoms. The molecule has 0 unspecified atom stereocenters. The number of rotatable bonds is 4. The maximum Gasteiger partial charge on any atom is 0.260 e. The molecule has 3 nitrogen and oxygen atoms in total. The summed E-state index contributed by atoms with van der Waals surface area (Å²) < 4.78 is 1.14. The van der Waals surface area contributed by atoms with Crippen molar-refractivity contribution >= 4 is 32.6 Å². The van der Waals surface area contributed by atoms with E-state index >= 15 is 0 Å². The number of thiazole rings is 1. The molecule has 4 aromatic rings. The van der Waals surface area contributed by atoms with Crippen molar-refractivity contribution in [3.05, 3.63) is 94.0 Å². The van der Waals surface area contributed by atoms with E-state index in [0.29, 0.717) is 6.54 Å². The molecular formula is C25H24N2OS. The third-order valence-electron chi connectivity index (χ3n) is 5.09. The molecule has 0 N–H and O–H groups in total. The van der Waals surface area contributed by atoms with Crippen molar-refractivity contribution < 1.29 is 4.79 Å². The highest BCUT2D eigenvalue weighted by molar-refractivity contribution is 7.22. The minimum absolute atomic E-state index is 0.0107. The molecule has 4 rings (SSSR count). The summed E-state index contributed by atoms with van der Waals surface area (Å²) in [6.45, 7) is 8.67. The van der Waals surface area contributed by atoms with E-state index in [2.05, 4.69) is 26.0 Å². The number of carbonyl (C=O) groups is 1. The van der Waals surface area contributed by atoms with Gasteiger partial charge in [0, 0.05) is 5.56 Å². The molecule has 0 bridgehead atoms. The largest absolute Gasteiger partial charge is 0.279 e. The van der Waals surface area contributed by atoms with E-state index in [1.807, 2.05) is 67.3 Å². The Kier molecular flexibility index (Phi) is 5.20. The van der Waals surface area contributed by atoms with E-state index in [0.717, 1.165) is 37.6 Å². The number of anilines is 1. The fraction of sp³-hybridized carbons (Fsp3) is 0.200. The zero-order valence-corrected chi connectivity index (χ0v) is 18.0. The van der Waals surface area contributed by atoms with Gasteiger partial charge in [-0.15, -0.1) is 0 Å². The summed E-state index contributed by atoms with van der Waals surface area (Å²) in [5.74, 6) is -0.0107. The predicted molar refractivity (Wildman–Crippen MR) is 122 cm³/mol. The van der Waals surface area contributed by atoms with E-state index in [4.69, 9.17) is 4.98 Å². The predicted octanol–water partition coefficient (Wildman–Crippen LogP) is 6.38. The van der Waals surface area contributed by atoms with Crippen LogP contribution in [0.25, 0.3) is 10.2 Å². The van der Waals surface area contributed by atoms with Gasteiger partial charge in [-0.05, 0) is 62.1 Å². The zero-order chi connectivity index (χ0) is 20.5. The molecule has 0 spiro atoms. The first-order valence-electron chi connectivity index (χ1n) is 9.73. The standard InChI is InChI=1S/C25H24N2OS/c1-16-10-11-18(3)21(13-16)24(28)27(15-20-8-6-5-7-9-20)25-26-22-14-17(2)12-19(4)23(22)29-25/h5-14H,15H2,1-4H3. The minimum Gasteiger partial charge on any atom is -0.279 e. The number of fused-ring (bicyclic) bond motifs is 1. The number of nitrogens with zero attached hydrogens (tertiary/aromatic N) is 2. The van der Waals surface area contributed by atoms with Gasteiger partial charge in [0.15, 0.2) is 5.13 Å². The highest BCUT2D eigenvalue weighted by atomic mass is 32.1. The van der Waals surface area contributed by atoms with Crippen LogP contribution in [0.5, 0.6) is 0 Å². The van der Waals surface area contributed by atoms with Crippen LogP contribution in [0.1, 0.15) is 38.2 Å². The molecule has 3 aromatic carbocycles. The summed E-state index contributed by atoms with van der Waals surface area (Å²) in [4.78, 5) is 20.3. The third-order valence-corrected chi connectivity index (χ3v) is 6.32. The lowest BCUT2D eigenvalue weighted by molar-refractivity contribution is 0.0984. The second-order valence-corrected chi connectivity index (χ2v) is 8.60. The smallest absolute Gasteiger partial charge is 0.260 e. The lowest BCUT2D eigenvalue weighted by Crippen LogP contribution is -2.31. The first-order chi connectivity index (χ1) is 13.9. The quantitative estimate of drug-likeness (QED) is 0.398. The van der Waals surface area contributed by atoms with Crippen molar-refractivity contribution in [2.45, 2.75) is 34.2 Å². The van der Waals surface area contributed by atoms with Crippen LogP contribution in [-0.4, -0.2) is 10.9 Å². The molecule has 1 heterocycles. The number of aromatic nitrogens is 1. The van der Waals surface area contributed by atoms with E-state index in [1.54, 1.807) is 11.3 Å². The highest BCUT2D eigenvalue weighted by Gasteiger charge is 2.23. The fourth-order valence-corrected chi connectivity index (χ4v) is 4.60. The summed E-state index contributed by atoms with van der Waals surface area (Å²) in [5, 5.41) is 0.739. The van der Waals surface area contributed by atoms with Crippen molar-refractivity contribution in [1.29, 1.82) is 0 Å². The lowest BCUT2D eigenvalue weighted by Gasteiger charge is -2.21. The van der Waals surface area contributed by atoms with Gasteiger partial charge in [-0.2, -0.15) is 0 Å². The number of aryl methyl sites for hydroxylation is 4. The molecule has 1 aromatic heterocycles. The Morgan fingerprint density at radius 1 is 0.897 bits per heavy atom. The van der Waals surface area contributed by atoms with Gasteiger partial charge in [0.25, 0.3) is 5.91 Å². The Morgan fingerprint density at radius 3 is 2.41 bits per heavy atom. The molecule has 0 radical (unpaired) electrons. The van der Waals surface area contributed by atoms with E-state index in [9.17, 15) is 4.79 Å². The molecule has 29 heavy (non-hydrogen) atoms. The average Bonchev–Trinajstić information content (AvgIpc) is 3.12. The summed E-state index contributed by atoms with van der Waals surface area (Å²) in [5.41, 5.74) is 7.20. The number of hydrogen-bond donors (Lipinski definition) is 0. The van der Waals surface area contributed by atoms with Crippen molar-refractivity contribution in [2.75, 3.05) is 4.90 Å². The molecule has 0 aliphatic rings. The Labute approximate surface area is 175 Å². The van der Waals surface area contributed by atoms with E-state index < -0.39 is 0 Å². The summed E-state index contributed by atoms with van der Waals surface area (Å²) in [6, 6.07) is 20.4. The van der Waals surface area contributed by atoms with Gasteiger partial charge in [0.2, 0.25) is 0 Å². The Balaban J connectivity index is 1.83. The fourth-order valence-electron chi connectivity index (χ4n) is 3.58. The maximum atomic E-state index is 13.6. The molecule has 0 aliphatic carbocycles. The van der Waals surface area contributed by atoms with Crippen LogP contribution >= 0.6 is 11.3 Å². The Hall–Kier alpha value is -2.98. The van der Waals surface area contributed by atoms with Crippen LogP contribution in [0.15, 0.2) is 60.7 Å². The van der Waals surface area contributed by atoms with Gasteiger partial charge < -0.3 is 0 Å². The third kappa shape index (κ3) is 3.94. The topological polar surface area (TPSA) is 33.2 Å². The van der Waals surface area contributed by atoms with Crippen molar-refractivity contribution in [3.8, 4) is 0 Å². The first-order valence-corrected chi connectivity index (χ1v) is 10.5. The maximum absolute atomic E-state index is 13.6. The zero-order valence-electron chi connectivity index (χ0n) is 17.2. The molecule has 0 fully saturated rings. The molecule has 0 saturated carbocycles. The van der Waals surface area contributed by atoms with Crippen LogP contribution in [-0.2, 0) is 6.54 Å². The van der Waals surface area contributed by atoms with Crippen LogP contribution in [0.4, 0.5) is 5.13 Å². The van der Waals surface area contributed by atoms with Gasteiger partial charge in [0.05, 0.1) is 16.8 Å². The Bertz CT molecular complexity index is 1190. The lowest BCUT2D eigenvalue weighted by atomic mass is 10.0. The van der Waals surface area contributed by atoms with Crippen molar-refractivity contribution in [1.82, 2.24) is 4.98 Å². The second kappa shape index (κ2) is 7.80. The van der Waals surface area contributed by atoms with Crippen LogP contribution in [0.3, 0.4) is 0 Å². The molecule has 1 amide bonds. The number of hydrogen-bond acceptors (Lipinski definition) is 3. The monoisotopic (exact) mass is 400 g/mol. The normalized spacial score (nSPS) is 11.0. The summed E-state index contributed by atoms with van der Waals surface area (Å²) in [7, 11) is 0. The highest BCUT2D eigenvalue weighted by Crippen LogP contribution is 2.34. The Morgan fingerprint density at radius 2 is 1.66 bits per heavy atom. The molecule has 0 saturated heterocycles. The van der Waals surface area contributed by atoms with Gasteiger partial charge in [-0.25, -0.2) is 4.98 Å². The molecule has 0 aliphatic heterocycles. The van der Waals surface area contributed by atoms with Crippen molar-refractivity contribution in [3.63, 3.8) is 0 Å². The van der Waals surface area contributed by atoms with Gasteiger partial charge in [0.1, 0.15) is 0 Å². The second-order valence-electron chi connectivity index (χ2n) is 7.62. The van der Waals surface area contributed by atoms with Gasteiger partial charge in [-0.3, -0.25) is 9.69 Å². The number of amides is 1. The van der Waals surface area contributed by atoms with E-state index in [1.165, 1.54) is 11.1 Å². The molecular weight excluding hydrogens is 376 g/mol. The molecule has 146 valence electrons. The van der Waals surface area contributed by atoms with Crippen LogP contribution in [0, 0.1) is 27.7 Å². The number of carbonyl (C=O) groups excluding carboxylic acids is 1. The van der Waals surface area contributed by atoms with E-state index in [-0.39, 0.29) is 5.91 Å². The van der Waals surface area contributed by atoms with Crippen LogP contribution in [0.2, 0.25) is 0 Å². The summed E-state index contributed by atoms with van der Waals surface area (Å²) in [6.07, 6.45) is 0. The number of benzene rings is 3.